The van der Waals surface area contributed by atoms with Gasteiger partial charge in [-0.2, -0.15) is 0 Å². The molecule has 126 valence electrons. The van der Waals surface area contributed by atoms with E-state index in [0.29, 0.717) is 11.2 Å². The maximum absolute atomic E-state index is 12.3. The highest BCUT2D eigenvalue weighted by Crippen LogP contribution is 2.26. The summed E-state index contributed by atoms with van der Waals surface area (Å²) in [5.74, 6) is -0.519. The number of fused-ring (bicyclic) bond motifs is 1. The predicted octanol–water partition coefficient (Wildman–Crippen LogP) is 3.65. The number of nitro benzene ring substituents is 1. The number of aryl methyl sites for hydroxylation is 1. The first-order chi connectivity index (χ1) is 11.8. The normalized spacial score (nSPS) is 10.6. The van der Waals surface area contributed by atoms with Crippen LogP contribution in [0.1, 0.15) is 15.9 Å². The minimum atomic E-state index is -0.650. The van der Waals surface area contributed by atoms with Crippen molar-refractivity contribution in [2.45, 2.75) is 6.92 Å². The summed E-state index contributed by atoms with van der Waals surface area (Å²) >= 11 is 5.74. The Labute approximate surface area is 146 Å². The largest absolute Gasteiger partial charge is 0.322 e. The number of nitrogens with zero attached hydrogens (tertiary/aromatic N) is 1. The third-order valence-electron chi connectivity index (χ3n) is 3.71. The van der Waals surface area contributed by atoms with E-state index >= 15 is 0 Å². The molecule has 25 heavy (non-hydrogen) atoms. The first-order valence-electron chi connectivity index (χ1n) is 7.24. The Morgan fingerprint density at radius 1 is 1.20 bits per heavy atom. The fraction of sp³-hybridized carbons (Fsp3) is 0.0588. The lowest BCUT2D eigenvalue weighted by Crippen LogP contribution is -2.12. The topological polar surface area (TPSA) is 105 Å². The molecule has 0 saturated heterocycles. The minimum absolute atomic E-state index is 0.0414. The molecule has 1 heterocycles. The summed E-state index contributed by atoms with van der Waals surface area (Å²) in [7, 11) is 0. The monoisotopic (exact) mass is 357 g/mol. The van der Waals surface area contributed by atoms with Crippen molar-refractivity contribution in [3.8, 4) is 0 Å². The first-order valence-corrected chi connectivity index (χ1v) is 7.62. The number of hydrogen-bond acceptors (Lipinski definition) is 4. The van der Waals surface area contributed by atoms with Crippen LogP contribution in [0.4, 0.5) is 11.4 Å². The number of anilines is 1. The zero-order valence-corrected chi connectivity index (χ0v) is 13.8. The van der Waals surface area contributed by atoms with Gasteiger partial charge in [0.15, 0.2) is 0 Å². The van der Waals surface area contributed by atoms with Gasteiger partial charge < -0.3 is 10.3 Å². The molecule has 2 aromatic carbocycles. The summed E-state index contributed by atoms with van der Waals surface area (Å²) in [6.07, 6.45) is 0. The van der Waals surface area contributed by atoms with Gasteiger partial charge in [0.2, 0.25) is 5.56 Å². The number of hydrogen-bond donors (Lipinski definition) is 2. The number of aromatic amines is 1. The number of halogens is 1. The zero-order valence-electron chi connectivity index (χ0n) is 13.0. The van der Waals surface area contributed by atoms with E-state index in [1.807, 2.05) is 6.92 Å². The van der Waals surface area contributed by atoms with Gasteiger partial charge in [0.25, 0.3) is 11.6 Å². The van der Waals surface area contributed by atoms with Crippen molar-refractivity contribution in [1.29, 1.82) is 0 Å². The fourth-order valence-corrected chi connectivity index (χ4v) is 2.70. The van der Waals surface area contributed by atoms with E-state index in [2.05, 4.69) is 10.3 Å². The molecule has 0 aliphatic heterocycles. The van der Waals surface area contributed by atoms with Crippen molar-refractivity contribution >= 4 is 39.8 Å². The molecule has 0 saturated carbocycles. The van der Waals surface area contributed by atoms with Gasteiger partial charge in [-0.1, -0.05) is 17.7 Å². The molecule has 8 heteroatoms. The maximum atomic E-state index is 12.3. The van der Waals surface area contributed by atoms with E-state index in [4.69, 9.17) is 11.6 Å². The summed E-state index contributed by atoms with van der Waals surface area (Å²) in [4.78, 5) is 36.9. The Morgan fingerprint density at radius 3 is 2.68 bits per heavy atom. The van der Waals surface area contributed by atoms with Crippen LogP contribution in [0.15, 0.2) is 47.3 Å². The molecule has 3 aromatic rings. The lowest BCUT2D eigenvalue weighted by Gasteiger charge is -2.08. The zero-order chi connectivity index (χ0) is 18.1. The summed E-state index contributed by atoms with van der Waals surface area (Å²) in [5.41, 5.74) is 1.40. The minimum Gasteiger partial charge on any atom is -0.322 e. The van der Waals surface area contributed by atoms with Gasteiger partial charge in [0.05, 0.1) is 10.4 Å². The number of aromatic nitrogens is 1. The van der Waals surface area contributed by atoms with Gasteiger partial charge in [0, 0.05) is 28.8 Å². The van der Waals surface area contributed by atoms with E-state index in [0.717, 1.165) is 17.0 Å². The average molecular weight is 358 g/mol. The van der Waals surface area contributed by atoms with E-state index in [-0.39, 0.29) is 21.8 Å². The molecule has 0 bridgehead atoms. The van der Waals surface area contributed by atoms with E-state index in [1.165, 1.54) is 18.2 Å². The van der Waals surface area contributed by atoms with Crippen molar-refractivity contribution in [2.24, 2.45) is 0 Å². The molecule has 0 atom stereocenters. The molecule has 0 fully saturated rings. The van der Waals surface area contributed by atoms with E-state index in [1.54, 1.807) is 18.2 Å². The number of carbonyl (C=O) groups is 1. The summed E-state index contributed by atoms with van der Waals surface area (Å²) in [5, 5.41) is 14.4. The van der Waals surface area contributed by atoms with Gasteiger partial charge >= 0.3 is 0 Å². The van der Waals surface area contributed by atoms with Gasteiger partial charge in [-0.05, 0) is 36.8 Å². The number of nitro groups is 1. The molecule has 1 aromatic heterocycles. The standard InChI is InChI=1S/C17H12ClN3O4/c1-9-6-16(22)20-14-8-11(3-4-12(9)14)19-17(23)10-2-5-13(18)15(7-10)21(24)25/h2-8H,1H3,(H,19,23)(H,20,22). The van der Waals surface area contributed by atoms with Crippen LogP contribution in [-0.4, -0.2) is 15.8 Å². The van der Waals surface area contributed by atoms with Crippen molar-refractivity contribution in [1.82, 2.24) is 4.98 Å². The van der Waals surface area contributed by atoms with Crippen molar-refractivity contribution < 1.29 is 9.72 Å². The third-order valence-corrected chi connectivity index (χ3v) is 4.03. The van der Waals surface area contributed by atoms with Gasteiger partial charge in [-0.25, -0.2) is 0 Å². The molecular formula is C17H12ClN3O4. The highest BCUT2D eigenvalue weighted by molar-refractivity contribution is 6.32. The molecule has 0 radical (unpaired) electrons. The van der Waals surface area contributed by atoms with Gasteiger partial charge in [-0.15, -0.1) is 0 Å². The highest BCUT2D eigenvalue weighted by Gasteiger charge is 2.16. The second kappa shape index (κ2) is 6.37. The number of H-pyrrole nitrogens is 1. The SMILES string of the molecule is Cc1cc(=O)[nH]c2cc(NC(=O)c3ccc(Cl)c([N+](=O)[O-])c3)ccc12. The Hall–Kier alpha value is -3.19. The van der Waals surface area contributed by atoms with Crippen LogP contribution in [0.3, 0.4) is 0 Å². The van der Waals surface area contributed by atoms with E-state index in [9.17, 15) is 19.7 Å². The number of rotatable bonds is 3. The average Bonchev–Trinajstić information content (AvgIpc) is 2.54. The number of amides is 1. The third kappa shape index (κ3) is 3.36. The molecule has 7 nitrogen and oxygen atoms in total. The predicted molar refractivity (Wildman–Crippen MR) is 95.4 cm³/mol. The summed E-state index contributed by atoms with van der Waals surface area (Å²) in [6.45, 7) is 1.82. The second-order valence-electron chi connectivity index (χ2n) is 5.45. The van der Waals surface area contributed by atoms with Crippen LogP contribution in [0.2, 0.25) is 5.02 Å². The van der Waals surface area contributed by atoms with E-state index < -0.39 is 10.8 Å². The molecule has 0 spiro atoms. The lowest BCUT2D eigenvalue weighted by atomic mass is 10.1. The number of pyridine rings is 1. The number of nitrogens with one attached hydrogen (secondary N) is 2. The fourth-order valence-electron chi connectivity index (χ4n) is 2.51. The highest BCUT2D eigenvalue weighted by atomic mass is 35.5. The Morgan fingerprint density at radius 2 is 1.96 bits per heavy atom. The Bertz CT molecular complexity index is 1080. The van der Waals surface area contributed by atoms with Crippen LogP contribution < -0.4 is 10.9 Å². The quantitative estimate of drug-likeness (QED) is 0.551. The van der Waals surface area contributed by atoms with Gasteiger partial charge in [0.1, 0.15) is 5.02 Å². The lowest BCUT2D eigenvalue weighted by molar-refractivity contribution is -0.384. The first kappa shape index (κ1) is 16.7. The van der Waals surface area contributed by atoms with Crippen molar-refractivity contribution in [3.05, 3.63) is 79.1 Å². The number of benzene rings is 2. The van der Waals surface area contributed by atoms with Crippen LogP contribution in [0.5, 0.6) is 0 Å². The van der Waals surface area contributed by atoms with Crippen molar-refractivity contribution in [3.63, 3.8) is 0 Å². The molecule has 1 amide bonds. The number of carbonyl (C=O) groups excluding carboxylic acids is 1. The Kier molecular flexibility index (Phi) is 4.24. The summed E-state index contributed by atoms with van der Waals surface area (Å²) < 4.78 is 0. The molecular weight excluding hydrogens is 346 g/mol. The van der Waals surface area contributed by atoms with Crippen LogP contribution in [-0.2, 0) is 0 Å². The van der Waals surface area contributed by atoms with Crippen molar-refractivity contribution in [2.75, 3.05) is 5.32 Å². The maximum Gasteiger partial charge on any atom is 0.288 e. The van der Waals surface area contributed by atoms with Crippen LogP contribution in [0, 0.1) is 17.0 Å². The van der Waals surface area contributed by atoms with Crippen LogP contribution >= 0.6 is 11.6 Å². The molecule has 0 aliphatic carbocycles. The van der Waals surface area contributed by atoms with Gasteiger partial charge in [-0.3, -0.25) is 19.7 Å². The molecule has 0 unspecified atom stereocenters. The Balaban J connectivity index is 1.93. The molecule has 3 rings (SSSR count). The second-order valence-corrected chi connectivity index (χ2v) is 5.86. The molecule has 0 aliphatic rings. The molecule has 2 N–H and O–H groups in total. The van der Waals surface area contributed by atoms with Crippen LogP contribution in [0.25, 0.3) is 10.9 Å². The smallest absolute Gasteiger partial charge is 0.288 e. The summed E-state index contributed by atoms with van der Waals surface area (Å²) in [6, 6.07) is 10.4.